The number of nitrogens with two attached hydrogens (primary N) is 1. The highest BCUT2D eigenvalue weighted by atomic mass is 79.9. The smallest absolute Gasteiger partial charge is 0.147 e. The summed E-state index contributed by atoms with van der Waals surface area (Å²) >= 11 is 9.54. The molecular formula is C13H13BrClN3. The lowest BCUT2D eigenvalue weighted by Gasteiger charge is -2.19. The highest BCUT2D eigenvalue weighted by Gasteiger charge is 2.08. The molecule has 2 aromatic rings. The summed E-state index contributed by atoms with van der Waals surface area (Å²) in [6.07, 6.45) is 1.61. The quantitative estimate of drug-likeness (QED) is 0.935. The molecule has 5 heteroatoms. The molecule has 0 aliphatic heterocycles. The highest BCUT2D eigenvalue weighted by molar-refractivity contribution is 9.10. The van der Waals surface area contributed by atoms with Crippen LogP contribution in [0.4, 0.5) is 11.5 Å². The van der Waals surface area contributed by atoms with Gasteiger partial charge in [0, 0.05) is 18.1 Å². The Morgan fingerprint density at radius 1 is 1.33 bits per heavy atom. The van der Waals surface area contributed by atoms with Gasteiger partial charge in [-0.2, -0.15) is 0 Å². The number of hydrogen-bond acceptors (Lipinski definition) is 3. The van der Waals surface area contributed by atoms with Crippen molar-refractivity contribution in [2.75, 3.05) is 17.7 Å². The fraction of sp³-hybridized carbons (Fsp3) is 0.154. The zero-order chi connectivity index (χ0) is 13.1. The third-order valence-corrected chi connectivity index (χ3v) is 3.34. The monoisotopic (exact) mass is 325 g/mol. The van der Waals surface area contributed by atoms with Crippen LogP contribution in [0.1, 0.15) is 5.56 Å². The topological polar surface area (TPSA) is 42.2 Å². The van der Waals surface area contributed by atoms with Gasteiger partial charge >= 0.3 is 0 Å². The summed E-state index contributed by atoms with van der Waals surface area (Å²) in [5.41, 5.74) is 7.39. The second-order valence-electron chi connectivity index (χ2n) is 4.06. The molecule has 1 aromatic carbocycles. The van der Waals surface area contributed by atoms with Crippen LogP contribution in [0.2, 0.25) is 5.02 Å². The van der Waals surface area contributed by atoms with Crippen LogP contribution in [0.15, 0.2) is 41.0 Å². The number of benzene rings is 1. The van der Waals surface area contributed by atoms with Gasteiger partial charge in [-0.05, 0) is 23.8 Å². The average molecular weight is 327 g/mol. The molecule has 0 bridgehead atoms. The number of anilines is 2. The minimum atomic E-state index is 0.564. The van der Waals surface area contributed by atoms with Gasteiger partial charge in [-0.15, -0.1) is 0 Å². The summed E-state index contributed by atoms with van der Waals surface area (Å²) < 4.78 is 1.07. The van der Waals surface area contributed by atoms with E-state index in [9.17, 15) is 0 Å². The predicted molar refractivity (Wildman–Crippen MR) is 79.9 cm³/mol. The molecule has 0 radical (unpaired) electrons. The van der Waals surface area contributed by atoms with Gasteiger partial charge in [0.1, 0.15) is 5.82 Å². The Morgan fingerprint density at radius 2 is 2.00 bits per heavy atom. The van der Waals surface area contributed by atoms with E-state index in [-0.39, 0.29) is 0 Å². The lowest BCUT2D eigenvalue weighted by atomic mass is 10.2. The molecule has 1 aromatic heterocycles. The summed E-state index contributed by atoms with van der Waals surface area (Å²) in [6.45, 7) is 0.740. The van der Waals surface area contributed by atoms with Gasteiger partial charge in [-0.1, -0.05) is 39.7 Å². The Balaban J connectivity index is 2.16. The van der Waals surface area contributed by atoms with Crippen molar-refractivity contribution in [1.82, 2.24) is 4.98 Å². The molecule has 0 aliphatic rings. The van der Waals surface area contributed by atoms with Gasteiger partial charge in [0.25, 0.3) is 0 Å². The molecule has 0 atom stereocenters. The molecule has 94 valence electrons. The number of pyridine rings is 1. The summed E-state index contributed by atoms with van der Waals surface area (Å²) in [5.74, 6) is 0.730. The summed E-state index contributed by atoms with van der Waals surface area (Å²) in [7, 11) is 1.95. The van der Waals surface area contributed by atoms with Crippen molar-refractivity contribution in [3.8, 4) is 0 Å². The van der Waals surface area contributed by atoms with E-state index in [1.54, 1.807) is 12.3 Å². The largest absolute Gasteiger partial charge is 0.397 e. The van der Waals surface area contributed by atoms with Crippen LogP contribution in [0.3, 0.4) is 0 Å². The summed E-state index contributed by atoms with van der Waals surface area (Å²) in [5, 5.41) is 0.564. The molecular weight excluding hydrogens is 314 g/mol. The maximum absolute atomic E-state index is 6.12. The molecule has 0 fully saturated rings. The van der Waals surface area contributed by atoms with Crippen LogP contribution >= 0.6 is 27.5 Å². The predicted octanol–water partition coefficient (Wildman–Crippen LogP) is 3.72. The van der Waals surface area contributed by atoms with Crippen molar-refractivity contribution >= 4 is 39.0 Å². The van der Waals surface area contributed by atoms with Gasteiger partial charge < -0.3 is 10.6 Å². The molecule has 18 heavy (non-hydrogen) atoms. The summed E-state index contributed by atoms with van der Waals surface area (Å²) in [6, 6.07) is 9.86. The lowest BCUT2D eigenvalue weighted by Crippen LogP contribution is -2.18. The molecule has 3 nitrogen and oxygen atoms in total. The van der Waals surface area contributed by atoms with Gasteiger partial charge in [0.05, 0.1) is 16.9 Å². The van der Waals surface area contributed by atoms with E-state index in [0.717, 1.165) is 16.8 Å². The van der Waals surface area contributed by atoms with Crippen LogP contribution in [0.25, 0.3) is 0 Å². The molecule has 2 N–H and O–H groups in total. The van der Waals surface area contributed by atoms with Crippen LogP contribution in [-0.4, -0.2) is 12.0 Å². The van der Waals surface area contributed by atoms with Gasteiger partial charge in [0.2, 0.25) is 0 Å². The maximum Gasteiger partial charge on any atom is 0.147 e. The second-order valence-corrected chi connectivity index (χ2v) is 5.38. The third kappa shape index (κ3) is 3.15. The molecule has 0 spiro atoms. The average Bonchev–Trinajstić information content (AvgIpc) is 2.32. The minimum absolute atomic E-state index is 0.564. The van der Waals surface area contributed by atoms with E-state index < -0.39 is 0 Å². The Kier molecular flexibility index (Phi) is 4.09. The van der Waals surface area contributed by atoms with E-state index in [2.05, 4.69) is 33.0 Å². The van der Waals surface area contributed by atoms with Gasteiger partial charge in [-0.25, -0.2) is 4.98 Å². The Hall–Kier alpha value is -1.26. The van der Waals surface area contributed by atoms with E-state index in [1.807, 2.05) is 24.1 Å². The zero-order valence-electron chi connectivity index (χ0n) is 9.90. The Labute approximate surface area is 120 Å². The van der Waals surface area contributed by atoms with E-state index in [4.69, 9.17) is 17.3 Å². The second kappa shape index (κ2) is 5.59. The molecule has 0 amide bonds. The SMILES string of the molecule is CN(Cc1ccc(Br)cc1)c1ncc(N)cc1Cl. The molecule has 1 heterocycles. The molecule has 0 unspecified atom stereocenters. The number of nitrogens with zero attached hydrogens (tertiary/aromatic N) is 2. The highest BCUT2D eigenvalue weighted by Crippen LogP contribution is 2.25. The van der Waals surface area contributed by atoms with Gasteiger partial charge in [-0.3, -0.25) is 0 Å². The Bertz CT molecular complexity index is 542. The van der Waals surface area contributed by atoms with E-state index in [0.29, 0.717) is 10.7 Å². The first-order chi connectivity index (χ1) is 8.56. The first kappa shape index (κ1) is 13.2. The normalized spacial score (nSPS) is 10.4. The number of aromatic nitrogens is 1. The van der Waals surface area contributed by atoms with Crippen molar-refractivity contribution in [2.45, 2.75) is 6.54 Å². The van der Waals surface area contributed by atoms with E-state index >= 15 is 0 Å². The van der Waals surface area contributed by atoms with Crippen LogP contribution in [-0.2, 0) is 6.54 Å². The van der Waals surface area contributed by atoms with Crippen molar-refractivity contribution in [1.29, 1.82) is 0 Å². The number of halogens is 2. The zero-order valence-corrected chi connectivity index (χ0v) is 12.2. The fourth-order valence-corrected chi connectivity index (χ4v) is 2.25. The lowest BCUT2D eigenvalue weighted by molar-refractivity contribution is 0.898. The first-order valence-corrected chi connectivity index (χ1v) is 6.60. The molecule has 0 saturated heterocycles. The maximum atomic E-state index is 6.12. The van der Waals surface area contributed by atoms with E-state index in [1.165, 1.54) is 5.56 Å². The number of hydrogen-bond donors (Lipinski definition) is 1. The molecule has 2 rings (SSSR count). The summed E-state index contributed by atoms with van der Waals surface area (Å²) in [4.78, 5) is 6.24. The molecule has 0 saturated carbocycles. The van der Waals surface area contributed by atoms with Crippen LogP contribution < -0.4 is 10.6 Å². The van der Waals surface area contributed by atoms with Crippen molar-refractivity contribution in [2.24, 2.45) is 0 Å². The first-order valence-electron chi connectivity index (χ1n) is 5.43. The standard InChI is InChI=1S/C13H13BrClN3/c1-18(8-9-2-4-10(14)5-3-9)13-12(15)6-11(16)7-17-13/h2-7H,8,16H2,1H3. The van der Waals surface area contributed by atoms with Gasteiger partial charge in [0.15, 0.2) is 0 Å². The van der Waals surface area contributed by atoms with Crippen molar-refractivity contribution in [3.63, 3.8) is 0 Å². The Morgan fingerprint density at radius 3 is 2.61 bits per heavy atom. The fourth-order valence-electron chi connectivity index (χ4n) is 1.66. The van der Waals surface area contributed by atoms with Crippen LogP contribution in [0.5, 0.6) is 0 Å². The minimum Gasteiger partial charge on any atom is -0.397 e. The molecule has 0 aliphatic carbocycles. The number of rotatable bonds is 3. The van der Waals surface area contributed by atoms with Crippen molar-refractivity contribution in [3.05, 3.63) is 51.6 Å². The third-order valence-electron chi connectivity index (χ3n) is 2.54. The number of nitrogen functional groups attached to an aromatic ring is 1. The van der Waals surface area contributed by atoms with Crippen molar-refractivity contribution < 1.29 is 0 Å². The van der Waals surface area contributed by atoms with Crippen LogP contribution in [0, 0.1) is 0 Å².